The summed E-state index contributed by atoms with van der Waals surface area (Å²) in [5.74, 6) is -0.145. The molecule has 1 heterocycles. The first-order valence-corrected chi connectivity index (χ1v) is 9.84. The molecule has 3 atom stereocenters. The lowest BCUT2D eigenvalue weighted by atomic mass is 10.0. The number of carbonyl (C=O) groups excluding carboxylic acids is 2. The third-order valence-electron chi connectivity index (χ3n) is 4.86. The molecular weight excluding hydrogens is 370 g/mol. The lowest BCUT2D eigenvalue weighted by Crippen LogP contribution is -2.50. The standard InChI is InChI=1S/C23H27NO5/c1-16(2)29-21(13-18-9-6-10-20(26)12-18)23(27)24-19(15-28-22(24)14-25)11-17-7-4-3-5-8-17/h3-10,12,14,16,19,21-22,26H,11,13,15H2,1-2H3/t19-,21-,22?/m0/s1. The number of phenolic OH excluding ortho intramolecular Hbond substituents is 1. The van der Waals surface area contributed by atoms with Gasteiger partial charge in [0.1, 0.15) is 11.9 Å². The molecule has 29 heavy (non-hydrogen) atoms. The highest BCUT2D eigenvalue weighted by Crippen LogP contribution is 2.24. The van der Waals surface area contributed by atoms with Gasteiger partial charge >= 0.3 is 0 Å². The number of hydrogen-bond acceptors (Lipinski definition) is 5. The third-order valence-corrected chi connectivity index (χ3v) is 4.86. The molecule has 154 valence electrons. The first-order valence-electron chi connectivity index (χ1n) is 9.84. The molecule has 0 aromatic heterocycles. The van der Waals surface area contributed by atoms with Crippen LogP contribution in [0.4, 0.5) is 0 Å². The number of ether oxygens (including phenoxy) is 2. The molecule has 1 aliphatic rings. The second-order valence-electron chi connectivity index (χ2n) is 7.50. The minimum atomic E-state index is -0.918. The summed E-state index contributed by atoms with van der Waals surface area (Å²) < 4.78 is 11.5. The Bertz CT molecular complexity index is 823. The molecule has 1 fully saturated rings. The van der Waals surface area contributed by atoms with Crippen molar-refractivity contribution in [2.45, 2.75) is 51.2 Å². The van der Waals surface area contributed by atoms with Gasteiger partial charge in [0.05, 0.1) is 18.8 Å². The molecule has 1 N–H and O–H groups in total. The molecular formula is C23H27NO5. The van der Waals surface area contributed by atoms with Crippen molar-refractivity contribution >= 4 is 12.2 Å². The molecule has 0 spiro atoms. The average Bonchev–Trinajstić information content (AvgIpc) is 3.10. The van der Waals surface area contributed by atoms with E-state index in [2.05, 4.69) is 0 Å². The van der Waals surface area contributed by atoms with E-state index < -0.39 is 12.3 Å². The smallest absolute Gasteiger partial charge is 0.254 e. The second kappa shape index (κ2) is 9.67. The first kappa shape index (κ1) is 21.0. The van der Waals surface area contributed by atoms with Gasteiger partial charge in [0.25, 0.3) is 5.91 Å². The highest BCUT2D eigenvalue weighted by molar-refractivity contribution is 5.84. The number of nitrogens with zero attached hydrogens (tertiary/aromatic N) is 1. The van der Waals surface area contributed by atoms with Crippen molar-refractivity contribution in [1.29, 1.82) is 0 Å². The molecule has 0 aliphatic carbocycles. The summed E-state index contributed by atoms with van der Waals surface area (Å²) in [7, 11) is 0. The summed E-state index contributed by atoms with van der Waals surface area (Å²) in [6.45, 7) is 4.02. The van der Waals surface area contributed by atoms with Crippen LogP contribution in [0.25, 0.3) is 0 Å². The Balaban J connectivity index is 1.82. The Morgan fingerprint density at radius 3 is 2.59 bits per heavy atom. The number of aldehydes is 1. The molecule has 6 heteroatoms. The van der Waals surface area contributed by atoms with E-state index in [0.29, 0.717) is 25.7 Å². The third kappa shape index (κ3) is 5.43. The minimum Gasteiger partial charge on any atom is -0.508 e. The summed E-state index contributed by atoms with van der Waals surface area (Å²) in [6.07, 6.45) is -0.322. The van der Waals surface area contributed by atoms with Crippen LogP contribution in [0.2, 0.25) is 0 Å². The summed E-state index contributed by atoms with van der Waals surface area (Å²) in [5.41, 5.74) is 1.85. The van der Waals surface area contributed by atoms with Crippen molar-refractivity contribution in [2.24, 2.45) is 0 Å². The number of carbonyl (C=O) groups is 2. The zero-order valence-corrected chi connectivity index (χ0v) is 16.7. The zero-order chi connectivity index (χ0) is 20.8. The van der Waals surface area contributed by atoms with Gasteiger partial charge < -0.3 is 19.5 Å². The highest BCUT2D eigenvalue weighted by Gasteiger charge is 2.41. The molecule has 2 aromatic carbocycles. The van der Waals surface area contributed by atoms with Gasteiger partial charge in [0.15, 0.2) is 12.5 Å². The Labute approximate surface area is 171 Å². The van der Waals surface area contributed by atoms with Crippen molar-refractivity contribution in [3.63, 3.8) is 0 Å². The van der Waals surface area contributed by atoms with Gasteiger partial charge in [0, 0.05) is 6.42 Å². The van der Waals surface area contributed by atoms with Gasteiger partial charge in [-0.1, -0.05) is 42.5 Å². The maximum atomic E-state index is 13.4. The SMILES string of the molecule is CC(C)O[C@@H](Cc1cccc(O)c1)C(=O)N1C(C=O)OC[C@@H]1Cc1ccccc1. The van der Waals surface area contributed by atoms with Crippen LogP contribution >= 0.6 is 0 Å². The molecule has 2 aromatic rings. The lowest BCUT2D eigenvalue weighted by Gasteiger charge is -2.30. The van der Waals surface area contributed by atoms with E-state index in [4.69, 9.17) is 9.47 Å². The normalized spacial score (nSPS) is 20.0. The molecule has 1 amide bonds. The molecule has 0 bridgehead atoms. The van der Waals surface area contributed by atoms with Gasteiger partial charge in [-0.05, 0) is 43.5 Å². The largest absolute Gasteiger partial charge is 0.508 e. The van der Waals surface area contributed by atoms with Gasteiger partial charge in [-0.2, -0.15) is 0 Å². The van der Waals surface area contributed by atoms with Crippen LogP contribution in [-0.4, -0.2) is 53.3 Å². The molecule has 0 saturated carbocycles. The predicted octanol–water partition coefficient (Wildman–Crippen LogP) is 2.72. The molecule has 1 unspecified atom stereocenters. The Morgan fingerprint density at radius 2 is 1.93 bits per heavy atom. The van der Waals surface area contributed by atoms with Crippen molar-refractivity contribution in [1.82, 2.24) is 4.90 Å². The summed E-state index contributed by atoms with van der Waals surface area (Å²) >= 11 is 0. The molecule has 0 radical (unpaired) electrons. The summed E-state index contributed by atoms with van der Waals surface area (Å²) in [6, 6.07) is 16.3. The fraction of sp³-hybridized carbons (Fsp3) is 0.391. The summed E-state index contributed by atoms with van der Waals surface area (Å²) in [5, 5.41) is 9.74. The van der Waals surface area contributed by atoms with E-state index >= 15 is 0 Å². The first-order chi connectivity index (χ1) is 14.0. The monoisotopic (exact) mass is 397 g/mol. The minimum absolute atomic E-state index is 0.135. The fourth-order valence-corrected chi connectivity index (χ4v) is 3.62. The van der Waals surface area contributed by atoms with Crippen LogP contribution < -0.4 is 0 Å². The maximum Gasteiger partial charge on any atom is 0.254 e. The quantitative estimate of drug-likeness (QED) is 0.693. The van der Waals surface area contributed by atoms with E-state index in [1.807, 2.05) is 50.2 Å². The molecule has 3 rings (SSSR count). The van der Waals surface area contributed by atoms with Crippen LogP contribution in [0.5, 0.6) is 5.75 Å². The summed E-state index contributed by atoms with van der Waals surface area (Å²) in [4.78, 5) is 26.5. The number of benzene rings is 2. The number of hydrogen-bond donors (Lipinski definition) is 1. The van der Waals surface area contributed by atoms with Crippen LogP contribution in [0.1, 0.15) is 25.0 Å². The van der Waals surface area contributed by atoms with Crippen molar-refractivity contribution in [3.05, 3.63) is 65.7 Å². The van der Waals surface area contributed by atoms with Gasteiger partial charge in [-0.25, -0.2) is 0 Å². The zero-order valence-electron chi connectivity index (χ0n) is 16.7. The van der Waals surface area contributed by atoms with Gasteiger partial charge in [0.2, 0.25) is 0 Å². The second-order valence-corrected chi connectivity index (χ2v) is 7.50. The number of aromatic hydroxyl groups is 1. The van der Waals surface area contributed by atoms with Crippen LogP contribution in [0, 0.1) is 0 Å². The van der Waals surface area contributed by atoms with Crippen LogP contribution in [0.3, 0.4) is 0 Å². The van der Waals surface area contributed by atoms with E-state index in [-0.39, 0.29) is 23.8 Å². The lowest BCUT2D eigenvalue weighted by molar-refractivity contribution is -0.155. The van der Waals surface area contributed by atoms with E-state index in [1.165, 1.54) is 4.90 Å². The Hall–Kier alpha value is -2.70. The van der Waals surface area contributed by atoms with E-state index in [9.17, 15) is 14.7 Å². The Kier molecular flexibility index (Phi) is 7.01. The van der Waals surface area contributed by atoms with E-state index in [1.54, 1.807) is 18.2 Å². The number of rotatable bonds is 8. The fourth-order valence-electron chi connectivity index (χ4n) is 3.62. The number of amides is 1. The van der Waals surface area contributed by atoms with Crippen molar-refractivity contribution in [2.75, 3.05) is 6.61 Å². The van der Waals surface area contributed by atoms with Gasteiger partial charge in [-0.15, -0.1) is 0 Å². The van der Waals surface area contributed by atoms with E-state index in [0.717, 1.165) is 11.1 Å². The van der Waals surface area contributed by atoms with Gasteiger partial charge in [-0.3, -0.25) is 9.59 Å². The molecule has 1 saturated heterocycles. The molecule has 1 aliphatic heterocycles. The van der Waals surface area contributed by atoms with Crippen LogP contribution in [0.15, 0.2) is 54.6 Å². The Morgan fingerprint density at radius 1 is 1.21 bits per heavy atom. The average molecular weight is 397 g/mol. The maximum absolute atomic E-state index is 13.4. The predicted molar refractivity (Wildman–Crippen MR) is 108 cm³/mol. The van der Waals surface area contributed by atoms with Crippen molar-refractivity contribution < 1.29 is 24.2 Å². The van der Waals surface area contributed by atoms with Crippen molar-refractivity contribution in [3.8, 4) is 5.75 Å². The van der Waals surface area contributed by atoms with Crippen LogP contribution in [-0.2, 0) is 31.9 Å². The highest BCUT2D eigenvalue weighted by atomic mass is 16.5. The topological polar surface area (TPSA) is 76.1 Å². The number of phenols is 1. The molecule has 6 nitrogen and oxygen atoms in total.